The fourth-order valence-electron chi connectivity index (χ4n) is 3.55. The van der Waals surface area contributed by atoms with Gasteiger partial charge in [-0.05, 0) is 68.4 Å². The SMILES string of the molecule is CCCCOc1cccc(CC(=O)Nc2ccc(CCCCc3nnc(NC(=O)C4CC4)s3)nn2)c1. The summed E-state index contributed by atoms with van der Waals surface area (Å²) in [7, 11) is 0. The fraction of sp³-hybridized carbons (Fsp3) is 0.462. The van der Waals surface area contributed by atoms with Crippen molar-refractivity contribution in [2.75, 3.05) is 17.2 Å². The van der Waals surface area contributed by atoms with Crippen molar-refractivity contribution in [2.45, 2.75) is 64.7 Å². The van der Waals surface area contributed by atoms with E-state index >= 15 is 0 Å². The first-order valence-corrected chi connectivity index (χ1v) is 13.4. The van der Waals surface area contributed by atoms with Gasteiger partial charge < -0.3 is 15.4 Å². The first kappa shape index (κ1) is 25.7. The number of nitrogens with zero attached hydrogens (tertiary/aromatic N) is 4. The number of hydrogen-bond acceptors (Lipinski definition) is 8. The molecule has 2 N–H and O–H groups in total. The predicted octanol–water partition coefficient (Wildman–Crippen LogP) is 4.60. The van der Waals surface area contributed by atoms with E-state index < -0.39 is 0 Å². The second-order valence-corrected chi connectivity index (χ2v) is 10.0. The van der Waals surface area contributed by atoms with Crippen LogP contribution in [0.4, 0.5) is 10.9 Å². The van der Waals surface area contributed by atoms with Crippen LogP contribution in [0.25, 0.3) is 0 Å². The minimum atomic E-state index is -0.146. The summed E-state index contributed by atoms with van der Waals surface area (Å²) in [5.74, 6) is 1.29. The van der Waals surface area contributed by atoms with Gasteiger partial charge in [0.05, 0.1) is 18.7 Å². The van der Waals surface area contributed by atoms with Crippen molar-refractivity contribution in [3.63, 3.8) is 0 Å². The van der Waals surface area contributed by atoms with E-state index in [1.54, 1.807) is 6.07 Å². The van der Waals surface area contributed by atoms with Crippen molar-refractivity contribution in [3.05, 3.63) is 52.7 Å². The van der Waals surface area contributed by atoms with E-state index in [0.29, 0.717) is 17.6 Å². The molecular weight excluding hydrogens is 476 g/mol. The second-order valence-electron chi connectivity index (χ2n) is 8.96. The van der Waals surface area contributed by atoms with Crippen molar-refractivity contribution in [3.8, 4) is 5.75 Å². The Morgan fingerprint density at radius 1 is 1.00 bits per heavy atom. The molecule has 2 aromatic heterocycles. The summed E-state index contributed by atoms with van der Waals surface area (Å²) in [5, 5.41) is 23.8. The highest BCUT2D eigenvalue weighted by atomic mass is 32.1. The van der Waals surface area contributed by atoms with Gasteiger partial charge in [-0.2, -0.15) is 5.10 Å². The Balaban J connectivity index is 1.15. The lowest BCUT2D eigenvalue weighted by Crippen LogP contribution is -2.16. The molecule has 0 atom stereocenters. The molecule has 1 fully saturated rings. The van der Waals surface area contributed by atoms with Crippen LogP contribution in [0, 0.1) is 5.92 Å². The van der Waals surface area contributed by atoms with Gasteiger partial charge in [-0.15, -0.1) is 15.3 Å². The maximum atomic E-state index is 12.4. The maximum Gasteiger partial charge on any atom is 0.229 e. The minimum absolute atomic E-state index is 0.0533. The topological polar surface area (TPSA) is 119 Å². The molecule has 0 radical (unpaired) electrons. The second kappa shape index (κ2) is 13.1. The molecule has 0 unspecified atom stereocenters. The van der Waals surface area contributed by atoms with Crippen molar-refractivity contribution in [2.24, 2.45) is 5.92 Å². The van der Waals surface area contributed by atoms with Gasteiger partial charge in [0, 0.05) is 12.3 Å². The van der Waals surface area contributed by atoms with Crippen molar-refractivity contribution >= 4 is 34.1 Å². The number of aryl methyl sites for hydroxylation is 2. The third kappa shape index (κ3) is 8.37. The first-order chi connectivity index (χ1) is 17.6. The molecule has 0 spiro atoms. The Morgan fingerprint density at radius 3 is 2.64 bits per heavy atom. The van der Waals surface area contributed by atoms with E-state index in [-0.39, 0.29) is 24.2 Å². The Kier molecular flexibility index (Phi) is 9.32. The summed E-state index contributed by atoms with van der Waals surface area (Å²) in [6.45, 7) is 2.80. The molecule has 10 heteroatoms. The standard InChI is InChI=1S/C26H32N6O3S/c1-2-3-15-35-21-9-6-7-18(16-21)17-23(33)27-22-14-13-20(29-30-22)8-4-5-10-24-31-32-26(36-24)28-25(34)19-11-12-19/h6-7,9,13-14,16,19H,2-5,8,10-12,15,17H2,1H3,(H,27,30,33)(H,28,32,34). The highest BCUT2D eigenvalue weighted by Gasteiger charge is 2.30. The van der Waals surface area contributed by atoms with E-state index in [0.717, 1.165) is 73.4 Å². The van der Waals surface area contributed by atoms with Crippen molar-refractivity contribution in [1.29, 1.82) is 0 Å². The van der Waals surface area contributed by atoms with Gasteiger partial charge in [0.2, 0.25) is 16.9 Å². The van der Waals surface area contributed by atoms with Gasteiger partial charge in [-0.1, -0.05) is 36.8 Å². The lowest BCUT2D eigenvalue weighted by Gasteiger charge is -2.08. The molecule has 1 aliphatic carbocycles. The molecule has 0 saturated heterocycles. The maximum absolute atomic E-state index is 12.4. The number of ether oxygens (including phenoxy) is 1. The van der Waals surface area contributed by atoms with Crippen LogP contribution in [-0.4, -0.2) is 38.8 Å². The van der Waals surface area contributed by atoms with E-state index in [2.05, 4.69) is 38.0 Å². The first-order valence-electron chi connectivity index (χ1n) is 12.6. The molecule has 0 aliphatic heterocycles. The predicted molar refractivity (Wildman–Crippen MR) is 139 cm³/mol. The average Bonchev–Trinajstić information content (AvgIpc) is 3.64. The molecule has 2 amide bonds. The molecule has 4 rings (SSSR count). The largest absolute Gasteiger partial charge is 0.494 e. The van der Waals surface area contributed by atoms with Crippen LogP contribution >= 0.6 is 11.3 Å². The van der Waals surface area contributed by atoms with Crippen LogP contribution in [0.15, 0.2) is 36.4 Å². The number of amides is 2. The van der Waals surface area contributed by atoms with Gasteiger partial charge in [0.25, 0.3) is 0 Å². The monoisotopic (exact) mass is 508 g/mol. The number of carbonyl (C=O) groups is 2. The van der Waals surface area contributed by atoms with Gasteiger partial charge in [0.15, 0.2) is 5.82 Å². The zero-order valence-corrected chi connectivity index (χ0v) is 21.4. The number of unbranched alkanes of at least 4 members (excludes halogenated alkanes) is 2. The summed E-state index contributed by atoms with van der Waals surface area (Å²) >= 11 is 1.44. The lowest BCUT2D eigenvalue weighted by atomic mass is 10.1. The molecule has 190 valence electrons. The van der Waals surface area contributed by atoms with Crippen molar-refractivity contribution in [1.82, 2.24) is 20.4 Å². The lowest BCUT2D eigenvalue weighted by molar-refractivity contribution is -0.117. The Hall–Kier alpha value is -3.40. The third-order valence-corrected chi connectivity index (χ3v) is 6.63. The Morgan fingerprint density at radius 2 is 1.86 bits per heavy atom. The summed E-state index contributed by atoms with van der Waals surface area (Å²) in [5.41, 5.74) is 1.76. The number of nitrogens with one attached hydrogen (secondary N) is 2. The summed E-state index contributed by atoms with van der Waals surface area (Å²) in [6, 6.07) is 11.3. The smallest absolute Gasteiger partial charge is 0.229 e. The molecule has 1 aromatic carbocycles. The molecule has 3 aromatic rings. The fourth-order valence-corrected chi connectivity index (χ4v) is 4.34. The number of hydrogen-bond donors (Lipinski definition) is 2. The molecule has 1 aliphatic rings. The average molecular weight is 509 g/mol. The third-order valence-electron chi connectivity index (χ3n) is 5.74. The summed E-state index contributed by atoms with van der Waals surface area (Å²) < 4.78 is 5.71. The van der Waals surface area contributed by atoms with Crippen LogP contribution in [0.1, 0.15) is 61.7 Å². The van der Waals surface area contributed by atoms with Crippen LogP contribution in [0.3, 0.4) is 0 Å². The number of aromatic nitrogens is 4. The van der Waals surface area contributed by atoms with E-state index in [1.165, 1.54) is 11.3 Å². The van der Waals surface area contributed by atoms with Gasteiger partial charge in [-0.3, -0.25) is 9.59 Å². The van der Waals surface area contributed by atoms with E-state index in [9.17, 15) is 9.59 Å². The zero-order valence-electron chi connectivity index (χ0n) is 20.5. The molecular formula is C26H32N6O3S. The van der Waals surface area contributed by atoms with Gasteiger partial charge in [0.1, 0.15) is 10.8 Å². The van der Waals surface area contributed by atoms with Crippen molar-refractivity contribution < 1.29 is 14.3 Å². The van der Waals surface area contributed by atoms with E-state index in [1.807, 2.05) is 30.3 Å². The van der Waals surface area contributed by atoms with Crippen LogP contribution in [-0.2, 0) is 28.9 Å². The quantitative estimate of drug-likeness (QED) is 0.305. The number of rotatable bonds is 14. The molecule has 1 saturated carbocycles. The summed E-state index contributed by atoms with van der Waals surface area (Å²) in [4.78, 5) is 24.2. The highest BCUT2D eigenvalue weighted by molar-refractivity contribution is 7.15. The number of anilines is 2. The molecule has 2 heterocycles. The molecule has 36 heavy (non-hydrogen) atoms. The van der Waals surface area contributed by atoms with Crippen LogP contribution in [0.5, 0.6) is 5.75 Å². The Labute approximate surface area is 215 Å². The molecule has 9 nitrogen and oxygen atoms in total. The number of benzene rings is 1. The summed E-state index contributed by atoms with van der Waals surface area (Å²) in [6.07, 6.45) is 7.73. The van der Waals surface area contributed by atoms with E-state index in [4.69, 9.17) is 4.74 Å². The zero-order chi connectivity index (χ0) is 25.2. The minimum Gasteiger partial charge on any atom is -0.494 e. The van der Waals surface area contributed by atoms with Gasteiger partial charge >= 0.3 is 0 Å². The Bertz CT molecular complexity index is 1150. The van der Waals surface area contributed by atoms with Crippen LogP contribution < -0.4 is 15.4 Å². The highest BCUT2D eigenvalue weighted by Crippen LogP contribution is 2.30. The normalized spacial score (nSPS) is 12.8. The number of carbonyl (C=O) groups excluding carboxylic acids is 2. The van der Waals surface area contributed by atoms with Gasteiger partial charge in [-0.25, -0.2) is 0 Å². The van der Waals surface area contributed by atoms with Crippen LogP contribution in [0.2, 0.25) is 0 Å². The molecule has 0 bridgehead atoms.